The molecule has 1 N–H and O–H groups in total. The van der Waals surface area contributed by atoms with Crippen LogP contribution in [-0.2, 0) is 9.53 Å². The number of aromatic amines is 1. The summed E-state index contributed by atoms with van der Waals surface area (Å²) in [5, 5.41) is 11.9. The average Bonchev–Trinajstić information content (AvgIpc) is 3.04. The summed E-state index contributed by atoms with van der Waals surface area (Å²) in [5.74, 6) is -0.211. The van der Waals surface area contributed by atoms with Crippen molar-refractivity contribution in [1.29, 1.82) is 0 Å². The van der Waals surface area contributed by atoms with Crippen molar-refractivity contribution in [3.63, 3.8) is 0 Å². The quantitative estimate of drug-likeness (QED) is 0.359. The van der Waals surface area contributed by atoms with Gasteiger partial charge in [0.2, 0.25) is 0 Å². The van der Waals surface area contributed by atoms with Gasteiger partial charge in [-0.2, -0.15) is 0 Å². The number of nitro groups is 1. The fourth-order valence-corrected chi connectivity index (χ4v) is 2.95. The second-order valence-electron chi connectivity index (χ2n) is 6.01. The SMILES string of the molecule is CCOC(=O)CC/C=C/c1c(-c2ccc([N+](=O)[O-])cc2)[nH]c2ccccc12. The lowest BCUT2D eigenvalue weighted by molar-refractivity contribution is -0.384. The number of non-ortho nitro benzene ring substituents is 1. The van der Waals surface area contributed by atoms with Gasteiger partial charge >= 0.3 is 5.97 Å². The number of carbonyl (C=O) groups excluding carboxylic acids is 1. The lowest BCUT2D eigenvalue weighted by Crippen LogP contribution is -2.02. The van der Waals surface area contributed by atoms with E-state index in [4.69, 9.17) is 4.74 Å². The number of hydrogen-bond acceptors (Lipinski definition) is 4. The van der Waals surface area contributed by atoms with Crippen LogP contribution in [0.15, 0.2) is 54.6 Å². The summed E-state index contributed by atoms with van der Waals surface area (Å²) in [6.45, 7) is 2.17. The molecule has 0 atom stereocenters. The topological polar surface area (TPSA) is 85.2 Å². The summed E-state index contributed by atoms with van der Waals surface area (Å²) in [4.78, 5) is 25.3. The van der Waals surface area contributed by atoms with Crippen molar-refractivity contribution >= 4 is 28.6 Å². The molecule has 1 aromatic heterocycles. The van der Waals surface area contributed by atoms with Gasteiger partial charge in [0.1, 0.15) is 0 Å². The van der Waals surface area contributed by atoms with Crippen LogP contribution in [0.1, 0.15) is 25.3 Å². The third-order valence-electron chi connectivity index (χ3n) is 4.22. The van der Waals surface area contributed by atoms with Gasteiger partial charge in [-0.1, -0.05) is 30.4 Å². The van der Waals surface area contributed by atoms with Gasteiger partial charge < -0.3 is 9.72 Å². The van der Waals surface area contributed by atoms with Crippen LogP contribution < -0.4 is 0 Å². The molecule has 2 aromatic carbocycles. The van der Waals surface area contributed by atoms with Crippen LogP contribution in [0.2, 0.25) is 0 Å². The fraction of sp³-hybridized carbons (Fsp3) is 0.190. The molecule has 0 aliphatic rings. The fourth-order valence-electron chi connectivity index (χ4n) is 2.95. The van der Waals surface area contributed by atoms with Crippen LogP contribution in [0.4, 0.5) is 5.69 Å². The van der Waals surface area contributed by atoms with Crippen molar-refractivity contribution in [1.82, 2.24) is 4.98 Å². The molecule has 0 amide bonds. The standard InChI is InChI=1S/C21H20N2O4/c1-2-27-20(24)10-6-4-8-18-17-7-3-5-9-19(17)22-21(18)15-11-13-16(14-12-15)23(25)26/h3-5,7-9,11-14,22H,2,6,10H2,1H3/b8-4+. The summed E-state index contributed by atoms with van der Waals surface area (Å²) < 4.78 is 4.94. The van der Waals surface area contributed by atoms with Gasteiger partial charge in [-0.05, 0) is 37.1 Å². The number of fused-ring (bicyclic) bond motifs is 1. The van der Waals surface area contributed by atoms with Crippen LogP contribution in [0.3, 0.4) is 0 Å². The highest BCUT2D eigenvalue weighted by Gasteiger charge is 2.12. The number of aromatic nitrogens is 1. The zero-order valence-corrected chi connectivity index (χ0v) is 15.0. The van der Waals surface area contributed by atoms with E-state index in [0.717, 1.165) is 27.7 Å². The van der Waals surface area contributed by atoms with Crippen LogP contribution >= 0.6 is 0 Å². The molecule has 6 nitrogen and oxygen atoms in total. The number of rotatable bonds is 7. The van der Waals surface area contributed by atoms with E-state index in [1.54, 1.807) is 19.1 Å². The number of ether oxygens (including phenoxy) is 1. The Morgan fingerprint density at radius 2 is 1.93 bits per heavy atom. The highest BCUT2D eigenvalue weighted by Crippen LogP contribution is 2.32. The number of para-hydroxylation sites is 1. The molecule has 138 valence electrons. The Hall–Kier alpha value is -3.41. The Morgan fingerprint density at radius 3 is 2.63 bits per heavy atom. The minimum Gasteiger partial charge on any atom is -0.466 e. The van der Waals surface area contributed by atoms with Crippen LogP contribution in [0.5, 0.6) is 0 Å². The van der Waals surface area contributed by atoms with Gasteiger partial charge in [0.05, 0.1) is 17.2 Å². The lowest BCUT2D eigenvalue weighted by atomic mass is 10.0. The second-order valence-corrected chi connectivity index (χ2v) is 6.01. The average molecular weight is 364 g/mol. The molecular formula is C21H20N2O4. The van der Waals surface area contributed by atoms with Gasteiger partial charge in [0.15, 0.2) is 0 Å². The van der Waals surface area contributed by atoms with Crippen molar-refractivity contribution in [2.75, 3.05) is 6.61 Å². The number of nitrogens with zero attached hydrogens (tertiary/aromatic N) is 1. The number of H-pyrrole nitrogens is 1. The van der Waals surface area contributed by atoms with Gasteiger partial charge in [-0.25, -0.2) is 0 Å². The molecule has 27 heavy (non-hydrogen) atoms. The summed E-state index contributed by atoms with van der Waals surface area (Å²) in [6, 6.07) is 14.4. The van der Waals surface area contributed by atoms with Gasteiger partial charge in [0.25, 0.3) is 5.69 Å². The normalized spacial score (nSPS) is 11.1. The van der Waals surface area contributed by atoms with Crippen molar-refractivity contribution in [3.8, 4) is 11.3 Å². The third-order valence-corrected chi connectivity index (χ3v) is 4.22. The van der Waals surface area contributed by atoms with Gasteiger partial charge in [-0.3, -0.25) is 14.9 Å². The molecule has 1 heterocycles. The molecule has 0 spiro atoms. The first-order chi connectivity index (χ1) is 13.1. The number of nitro benzene ring substituents is 1. The number of allylic oxidation sites excluding steroid dienone is 1. The Kier molecular flexibility index (Phi) is 5.66. The number of carbonyl (C=O) groups is 1. The molecule has 0 fully saturated rings. The maximum absolute atomic E-state index is 11.5. The molecule has 0 saturated heterocycles. The number of nitrogens with one attached hydrogen (secondary N) is 1. The van der Waals surface area contributed by atoms with Crippen LogP contribution in [0.25, 0.3) is 28.2 Å². The number of esters is 1. The first kappa shape index (κ1) is 18.4. The van der Waals surface area contributed by atoms with Crippen LogP contribution in [-0.4, -0.2) is 22.5 Å². The minimum atomic E-state index is -0.412. The summed E-state index contributed by atoms with van der Waals surface area (Å²) in [6.07, 6.45) is 4.84. The summed E-state index contributed by atoms with van der Waals surface area (Å²) in [7, 11) is 0. The summed E-state index contributed by atoms with van der Waals surface area (Å²) >= 11 is 0. The monoisotopic (exact) mass is 364 g/mol. The number of hydrogen-bond donors (Lipinski definition) is 1. The maximum Gasteiger partial charge on any atom is 0.306 e. The Bertz CT molecular complexity index is 987. The molecule has 0 bridgehead atoms. The molecule has 0 aliphatic heterocycles. The van der Waals surface area contributed by atoms with Crippen molar-refractivity contribution in [2.45, 2.75) is 19.8 Å². The van der Waals surface area contributed by atoms with E-state index >= 15 is 0 Å². The van der Waals surface area contributed by atoms with E-state index in [2.05, 4.69) is 4.98 Å². The zero-order chi connectivity index (χ0) is 19.2. The first-order valence-corrected chi connectivity index (χ1v) is 8.78. The molecule has 0 aliphatic carbocycles. The Morgan fingerprint density at radius 1 is 1.19 bits per heavy atom. The summed E-state index contributed by atoms with van der Waals surface area (Å²) in [5.41, 5.74) is 3.78. The molecule has 6 heteroatoms. The van der Waals surface area contributed by atoms with E-state index in [9.17, 15) is 14.9 Å². The molecule has 0 radical (unpaired) electrons. The predicted octanol–water partition coefficient (Wildman–Crippen LogP) is 5.10. The van der Waals surface area contributed by atoms with E-state index in [0.29, 0.717) is 19.4 Å². The predicted molar refractivity (Wildman–Crippen MR) is 105 cm³/mol. The Balaban J connectivity index is 1.92. The molecule has 0 unspecified atom stereocenters. The highest BCUT2D eigenvalue weighted by molar-refractivity contribution is 5.96. The third kappa shape index (κ3) is 4.23. The Labute approximate surface area is 156 Å². The number of benzene rings is 2. The minimum absolute atomic E-state index is 0.0568. The second kappa shape index (κ2) is 8.31. The largest absolute Gasteiger partial charge is 0.466 e. The smallest absolute Gasteiger partial charge is 0.306 e. The van der Waals surface area contributed by atoms with E-state index < -0.39 is 4.92 Å². The molecule has 3 rings (SSSR count). The van der Waals surface area contributed by atoms with E-state index in [1.165, 1.54) is 12.1 Å². The van der Waals surface area contributed by atoms with Crippen molar-refractivity contribution in [2.24, 2.45) is 0 Å². The first-order valence-electron chi connectivity index (χ1n) is 8.78. The van der Waals surface area contributed by atoms with Gasteiger partial charge in [0, 0.05) is 35.0 Å². The highest BCUT2D eigenvalue weighted by atomic mass is 16.6. The van der Waals surface area contributed by atoms with E-state index in [-0.39, 0.29) is 11.7 Å². The molecule has 0 saturated carbocycles. The van der Waals surface area contributed by atoms with E-state index in [1.807, 2.05) is 36.4 Å². The van der Waals surface area contributed by atoms with Crippen LogP contribution in [0, 0.1) is 10.1 Å². The zero-order valence-electron chi connectivity index (χ0n) is 15.0. The van der Waals surface area contributed by atoms with Gasteiger partial charge in [-0.15, -0.1) is 0 Å². The van der Waals surface area contributed by atoms with Crippen molar-refractivity contribution < 1.29 is 14.5 Å². The molecular weight excluding hydrogens is 344 g/mol. The maximum atomic E-state index is 11.5. The van der Waals surface area contributed by atoms with Crippen molar-refractivity contribution in [3.05, 3.63) is 70.3 Å². The lowest BCUT2D eigenvalue weighted by Gasteiger charge is -2.02. The molecule has 3 aromatic rings.